The minimum Gasteiger partial charge on any atom is -0.458 e. The third-order valence-corrected chi connectivity index (χ3v) is 8.15. The molecule has 2 amide bonds. The second-order valence-corrected chi connectivity index (χ2v) is 12.4. The van der Waals surface area contributed by atoms with E-state index in [9.17, 15) is 19.5 Å². The van der Waals surface area contributed by atoms with Crippen LogP contribution in [0.2, 0.25) is 0 Å². The standard InChI is InChI=1S/C39H60N2O7/c1-29-15-13-19-34(46-6)18-11-10-17-32(4)37(21-9-8-12-24-40-38(44)36(27-42)41-28-43)48-39(45)33(5)25-30(2)22-23-31(3)26-35(47-7)20-14-16-29/h10-11,14-18,22-23,25-26,28,30,32,34-37,42H,8-9,12-13,19-21,24,27H2,1-7H3,(H,40,44)(H,41,43)/b16-14+,17-10+,18-11+,23-22+,29-15-,31-26+,33-25+/t30-,32+,34-,35+,36+,37-/m1/s1. The third-order valence-electron chi connectivity index (χ3n) is 8.15. The smallest absolute Gasteiger partial charge is 0.333 e. The van der Waals surface area contributed by atoms with Crippen LogP contribution in [0, 0.1) is 11.8 Å². The van der Waals surface area contributed by atoms with Crippen molar-refractivity contribution in [2.75, 3.05) is 27.4 Å². The monoisotopic (exact) mass is 668 g/mol. The van der Waals surface area contributed by atoms with E-state index in [0.717, 1.165) is 37.7 Å². The van der Waals surface area contributed by atoms with E-state index in [4.69, 9.17) is 14.2 Å². The van der Waals surface area contributed by atoms with Crippen molar-refractivity contribution in [1.82, 2.24) is 10.6 Å². The molecule has 9 heteroatoms. The van der Waals surface area contributed by atoms with Crippen molar-refractivity contribution in [3.63, 3.8) is 0 Å². The highest BCUT2D eigenvalue weighted by Crippen LogP contribution is 2.20. The molecule has 0 aromatic rings. The van der Waals surface area contributed by atoms with Crippen LogP contribution in [-0.4, -0.2) is 75.1 Å². The number of methoxy groups -OCH3 is 2. The lowest BCUT2D eigenvalue weighted by atomic mass is 9.97. The van der Waals surface area contributed by atoms with E-state index < -0.39 is 18.6 Å². The first-order valence-electron chi connectivity index (χ1n) is 17.1. The number of cyclic esters (lactones) is 1. The summed E-state index contributed by atoms with van der Waals surface area (Å²) in [5, 5.41) is 14.3. The van der Waals surface area contributed by atoms with E-state index in [2.05, 4.69) is 60.1 Å². The molecule has 0 aromatic carbocycles. The second-order valence-electron chi connectivity index (χ2n) is 12.4. The van der Waals surface area contributed by atoms with Crippen molar-refractivity contribution in [2.24, 2.45) is 11.8 Å². The molecule has 0 saturated carbocycles. The molecule has 1 rings (SSSR count). The van der Waals surface area contributed by atoms with Crippen LogP contribution in [0.1, 0.15) is 79.6 Å². The minimum absolute atomic E-state index is 0.0201. The number of esters is 1. The van der Waals surface area contributed by atoms with Gasteiger partial charge < -0.3 is 30.0 Å². The summed E-state index contributed by atoms with van der Waals surface area (Å²) in [6.45, 7) is 9.97. The van der Waals surface area contributed by atoms with Crippen molar-refractivity contribution >= 4 is 18.3 Å². The lowest BCUT2D eigenvalue weighted by Crippen LogP contribution is -2.46. The number of aliphatic hydroxyl groups is 1. The number of allylic oxidation sites excluding steroid dienone is 9. The van der Waals surface area contributed by atoms with E-state index in [1.165, 1.54) is 5.57 Å². The molecule has 0 aliphatic carbocycles. The third kappa shape index (κ3) is 18.7. The SMILES string of the molecule is CO[C@@H]1/C=C(C)/C=C/[C@@H](C)/C=C(\C)C(=O)O[C@H](CCCCCNC(=O)[C@H](CO)NC=O)[C@@H](C)/C=C/C=C/[C@@H](OC)CC/C=C(C)\C=C\C1. The van der Waals surface area contributed by atoms with Crippen LogP contribution in [0.5, 0.6) is 0 Å². The Bertz CT molecular complexity index is 1180. The first kappa shape index (κ1) is 42.5. The molecule has 48 heavy (non-hydrogen) atoms. The van der Waals surface area contributed by atoms with Gasteiger partial charge in [0.05, 0.1) is 18.8 Å². The number of nitrogens with one attached hydrogen (secondary N) is 2. The number of hydrogen-bond acceptors (Lipinski definition) is 7. The van der Waals surface area contributed by atoms with Gasteiger partial charge in [-0.3, -0.25) is 9.59 Å². The summed E-state index contributed by atoms with van der Waals surface area (Å²) >= 11 is 0. The fourth-order valence-corrected chi connectivity index (χ4v) is 5.11. The molecule has 0 saturated heterocycles. The molecule has 9 nitrogen and oxygen atoms in total. The Labute approximate surface area is 288 Å². The maximum atomic E-state index is 13.2. The first-order valence-corrected chi connectivity index (χ1v) is 17.1. The van der Waals surface area contributed by atoms with Gasteiger partial charge in [-0.1, -0.05) is 98.3 Å². The number of carbonyl (C=O) groups excluding carboxylic acids is 3. The van der Waals surface area contributed by atoms with Crippen molar-refractivity contribution < 1.29 is 33.7 Å². The fraction of sp³-hybridized carbons (Fsp3) is 0.564. The molecule has 0 radical (unpaired) electrons. The molecular formula is C39H60N2O7. The maximum absolute atomic E-state index is 13.2. The average Bonchev–Trinajstić information content (AvgIpc) is 3.06. The highest BCUT2D eigenvalue weighted by molar-refractivity contribution is 5.88. The van der Waals surface area contributed by atoms with Crippen LogP contribution in [0.3, 0.4) is 0 Å². The summed E-state index contributed by atoms with van der Waals surface area (Å²) < 4.78 is 17.4. The van der Waals surface area contributed by atoms with Crippen LogP contribution < -0.4 is 10.6 Å². The summed E-state index contributed by atoms with van der Waals surface area (Å²) in [6, 6.07) is -0.955. The van der Waals surface area contributed by atoms with Gasteiger partial charge in [0.2, 0.25) is 12.3 Å². The minimum atomic E-state index is -0.955. The molecule has 1 aliphatic heterocycles. The molecule has 3 N–H and O–H groups in total. The number of aliphatic hydroxyl groups excluding tert-OH is 1. The Morgan fingerprint density at radius 1 is 1.00 bits per heavy atom. The summed E-state index contributed by atoms with van der Waals surface area (Å²) in [7, 11) is 3.43. The lowest BCUT2D eigenvalue weighted by molar-refractivity contribution is -0.146. The number of hydrogen-bond donors (Lipinski definition) is 3. The topological polar surface area (TPSA) is 123 Å². The molecule has 0 unspecified atom stereocenters. The second kappa shape index (κ2) is 25.5. The number of carbonyl (C=O) groups is 3. The van der Waals surface area contributed by atoms with Crippen molar-refractivity contribution in [2.45, 2.75) is 104 Å². The Morgan fingerprint density at radius 3 is 2.42 bits per heavy atom. The quantitative estimate of drug-likeness (QED) is 0.128. The molecule has 268 valence electrons. The predicted molar refractivity (Wildman–Crippen MR) is 193 cm³/mol. The highest BCUT2D eigenvalue weighted by atomic mass is 16.5. The molecule has 6 atom stereocenters. The van der Waals surface area contributed by atoms with Gasteiger partial charge in [-0.2, -0.15) is 0 Å². The van der Waals surface area contributed by atoms with E-state index in [1.807, 2.05) is 45.1 Å². The summed E-state index contributed by atoms with van der Waals surface area (Å²) in [4.78, 5) is 35.9. The van der Waals surface area contributed by atoms with Crippen LogP contribution in [-0.2, 0) is 28.6 Å². The zero-order chi connectivity index (χ0) is 35.7. The van der Waals surface area contributed by atoms with Crippen molar-refractivity contribution in [1.29, 1.82) is 0 Å². The van der Waals surface area contributed by atoms with E-state index in [0.29, 0.717) is 31.4 Å². The van der Waals surface area contributed by atoms with E-state index in [1.54, 1.807) is 21.1 Å². The predicted octanol–water partition coefficient (Wildman–Crippen LogP) is 6.23. The maximum Gasteiger partial charge on any atom is 0.333 e. The van der Waals surface area contributed by atoms with Gasteiger partial charge in [-0.15, -0.1) is 0 Å². The molecule has 1 aliphatic rings. The summed E-state index contributed by atoms with van der Waals surface area (Å²) in [5.41, 5.74) is 2.85. The van der Waals surface area contributed by atoms with Gasteiger partial charge in [-0.25, -0.2) is 4.79 Å². The molecule has 0 bridgehead atoms. The van der Waals surface area contributed by atoms with Crippen molar-refractivity contribution in [3.8, 4) is 0 Å². The van der Waals surface area contributed by atoms with Crippen LogP contribution in [0.25, 0.3) is 0 Å². The van der Waals surface area contributed by atoms with Gasteiger partial charge >= 0.3 is 5.97 Å². The number of unbranched alkanes of at least 4 members (excludes halogenated alkanes) is 2. The van der Waals surface area contributed by atoms with E-state index in [-0.39, 0.29) is 36.1 Å². The van der Waals surface area contributed by atoms with Gasteiger partial charge in [0.1, 0.15) is 12.1 Å². The molecule has 1 heterocycles. The van der Waals surface area contributed by atoms with Crippen LogP contribution in [0.4, 0.5) is 0 Å². The van der Waals surface area contributed by atoms with Crippen LogP contribution in [0.15, 0.2) is 83.6 Å². The van der Waals surface area contributed by atoms with Gasteiger partial charge in [0.15, 0.2) is 0 Å². The average molecular weight is 669 g/mol. The number of rotatable bonds is 12. The van der Waals surface area contributed by atoms with E-state index >= 15 is 0 Å². The zero-order valence-electron chi connectivity index (χ0n) is 30.2. The lowest BCUT2D eigenvalue weighted by Gasteiger charge is -2.22. The molecular weight excluding hydrogens is 608 g/mol. The van der Waals surface area contributed by atoms with Gasteiger partial charge in [0.25, 0.3) is 0 Å². The van der Waals surface area contributed by atoms with Gasteiger partial charge in [-0.05, 0) is 65.2 Å². The summed E-state index contributed by atoms with van der Waals surface area (Å²) in [5.74, 6) is -0.768. The Balaban J connectivity index is 3.09. The van der Waals surface area contributed by atoms with Crippen LogP contribution >= 0.6 is 0 Å². The molecule has 0 fully saturated rings. The summed E-state index contributed by atoms with van der Waals surface area (Å²) in [6.07, 6.45) is 28.2. The Kier molecular flexibility index (Phi) is 22.6. The number of amides is 2. The normalized spacial score (nSPS) is 30.3. The molecule has 0 aromatic heterocycles. The largest absolute Gasteiger partial charge is 0.458 e. The molecule has 0 spiro atoms. The highest BCUT2D eigenvalue weighted by Gasteiger charge is 2.21. The van der Waals surface area contributed by atoms with Gasteiger partial charge in [0, 0.05) is 32.3 Å². The number of ether oxygens (including phenoxy) is 3. The Morgan fingerprint density at radius 2 is 1.73 bits per heavy atom. The first-order chi connectivity index (χ1) is 23.0. The fourth-order valence-electron chi connectivity index (χ4n) is 5.11. The Hall–Kier alpha value is -3.53. The van der Waals surface area contributed by atoms with Crippen molar-refractivity contribution in [3.05, 3.63) is 83.6 Å². The zero-order valence-corrected chi connectivity index (χ0v) is 30.2.